The number of hydrogen-bond acceptors (Lipinski definition) is 7. The van der Waals surface area contributed by atoms with Gasteiger partial charge in [-0.1, -0.05) is 24.3 Å². The topological polar surface area (TPSA) is 123 Å². The SMILES string of the molecule is Nc1cccc(S(=O)(=O)Nc2nc(Cl)nc(Nc3ccccc3)n2)c1. The Hall–Kier alpha value is -2.91. The maximum Gasteiger partial charge on any atom is 0.264 e. The number of nitrogen functional groups attached to an aromatic ring is 1. The van der Waals surface area contributed by atoms with Crippen LogP contribution < -0.4 is 15.8 Å². The van der Waals surface area contributed by atoms with Gasteiger partial charge < -0.3 is 11.1 Å². The third kappa shape index (κ3) is 4.34. The quantitative estimate of drug-likeness (QED) is 0.585. The molecular formula is C15H13ClN6O2S. The van der Waals surface area contributed by atoms with Gasteiger partial charge in [-0.3, -0.25) is 0 Å². The molecule has 0 atom stereocenters. The highest BCUT2D eigenvalue weighted by Gasteiger charge is 2.17. The highest BCUT2D eigenvalue weighted by molar-refractivity contribution is 7.92. The molecule has 8 nitrogen and oxygen atoms in total. The zero-order valence-corrected chi connectivity index (χ0v) is 14.3. The molecule has 0 bridgehead atoms. The number of hydrogen-bond donors (Lipinski definition) is 3. The van der Waals surface area contributed by atoms with Crippen molar-refractivity contribution < 1.29 is 8.42 Å². The van der Waals surface area contributed by atoms with Crippen molar-refractivity contribution in [3.05, 3.63) is 59.9 Å². The molecule has 0 radical (unpaired) electrons. The zero-order chi connectivity index (χ0) is 17.9. The summed E-state index contributed by atoms with van der Waals surface area (Å²) >= 11 is 5.86. The fourth-order valence-corrected chi connectivity index (χ4v) is 3.12. The fourth-order valence-electron chi connectivity index (χ4n) is 1.96. The summed E-state index contributed by atoms with van der Waals surface area (Å²) in [6.07, 6.45) is 0. The van der Waals surface area contributed by atoms with Gasteiger partial charge in [0.1, 0.15) is 0 Å². The summed E-state index contributed by atoms with van der Waals surface area (Å²) < 4.78 is 27.1. The van der Waals surface area contributed by atoms with E-state index >= 15 is 0 Å². The Morgan fingerprint density at radius 2 is 1.64 bits per heavy atom. The molecule has 1 aromatic heterocycles. The van der Waals surface area contributed by atoms with Crippen LogP contribution in [-0.2, 0) is 10.0 Å². The maximum absolute atomic E-state index is 12.4. The molecular weight excluding hydrogens is 364 g/mol. The minimum atomic E-state index is -3.91. The predicted octanol–water partition coefficient (Wildman–Crippen LogP) is 2.65. The summed E-state index contributed by atoms with van der Waals surface area (Å²) in [6.45, 7) is 0. The summed E-state index contributed by atoms with van der Waals surface area (Å²) in [6, 6.07) is 15.0. The molecule has 0 saturated carbocycles. The summed E-state index contributed by atoms with van der Waals surface area (Å²) in [5.41, 5.74) is 6.66. The number of nitrogens with zero attached hydrogens (tertiary/aromatic N) is 3. The third-order valence-corrected chi connectivity index (χ3v) is 4.53. The molecule has 1 heterocycles. The van der Waals surface area contributed by atoms with Crippen molar-refractivity contribution in [2.45, 2.75) is 4.90 Å². The van der Waals surface area contributed by atoms with Crippen LogP contribution in [0.2, 0.25) is 5.28 Å². The Balaban J connectivity index is 1.87. The van der Waals surface area contributed by atoms with Gasteiger partial charge in [0.15, 0.2) is 0 Å². The molecule has 128 valence electrons. The molecule has 0 spiro atoms. The van der Waals surface area contributed by atoms with Crippen molar-refractivity contribution in [1.82, 2.24) is 15.0 Å². The fraction of sp³-hybridized carbons (Fsp3) is 0. The number of sulfonamides is 1. The first-order valence-electron chi connectivity index (χ1n) is 7.04. The van der Waals surface area contributed by atoms with Gasteiger partial charge in [-0.15, -0.1) is 0 Å². The molecule has 3 rings (SSSR count). The highest BCUT2D eigenvalue weighted by atomic mass is 35.5. The maximum atomic E-state index is 12.4. The average Bonchev–Trinajstić information content (AvgIpc) is 2.55. The van der Waals surface area contributed by atoms with E-state index in [4.69, 9.17) is 17.3 Å². The molecule has 10 heteroatoms. The number of anilines is 4. The number of halogens is 1. The van der Waals surface area contributed by atoms with E-state index in [0.29, 0.717) is 5.69 Å². The number of nitrogens with one attached hydrogen (secondary N) is 2. The lowest BCUT2D eigenvalue weighted by Gasteiger charge is -2.09. The second-order valence-electron chi connectivity index (χ2n) is 4.92. The van der Waals surface area contributed by atoms with Crippen LogP contribution in [0.15, 0.2) is 59.5 Å². The molecule has 0 unspecified atom stereocenters. The van der Waals surface area contributed by atoms with E-state index in [9.17, 15) is 8.42 Å². The van der Waals surface area contributed by atoms with Crippen molar-refractivity contribution in [2.24, 2.45) is 0 Å². The number of benzene rings is 2. The van der Waals surface area contributed by atoms with Crippen molar-refractivity contribution in [3.63, 3.8) is 0 Å². The predicted molar refractivity (Wildman–Crippen MR) is 96.2 cm³/mol. The average molecular weight is 377 g/mol. The van der Waals surface area contributed by atoms with Crippen LogP contribution in [0, 0.1) is 0 Å². The molecule has 3 aromatic rings. The van der Waals surface area contributed by atoms with Gasteiger partial charge in [0.25, 0.3) is 10.0 Å². The molecule has 0 fully saturated rings. The van der Waals surface area contributed by atoms with E-state index in [1.54, 1.807) is 18.2 Å². The standard InChI is InChI=1S/C15H13ClN6O2S/c16-13-19-14(18-11-6-2-1-3-7-11)21-15(20-13)22-25(23,24)12-8-4-5-10(17)9-12/h1-9H,17H2,(H2,18,19,20,21,22). The zero-order valence-electron chi connectivity index (χ0n) is 12.7. The van der Waals surface area contributed by atoms with Crippen LogP contribution in [0.3, 0.4) is 0 Å². The summed E-state index contributed by atoms with van der Waals surface area (Å²) in [5.74, 6) is -0.0997. The Morgan fingerprint density at radius 1 is 0.920 bits per heavy atom. The van der Waals surface area contributed by atoms with E-state index in [-0.39, 0.29) is 22.1 Å². The van der Waals surface area contributed by atoms with Crippen molar-refractivity contribution >= 4 is 44.9 Å². The largest absolute Gasteiger partial charge is 0.399 e. The Kier molecular flexibility index (Phi) is 4.68. The van der Waals surface area contributed by atoms with Gasteiger partial charge in [0, 0.05) is 11.4 Å². The number of aromatic nitrogens is 3. The van der Waals surface area contributed by atoms with Crippen LogP contribution in [0.1, 0.15) is 0 Å². The van der Waals surface area contributed by atoms with Crippen LogP contribution in [0.4, 0.5) is 23.3 Å². The summed E-state index contributed by atoms with van der Waals surface area (Å²) in [4.78, 5) is 11.7. The van der Waals surface area contributed by atoms with Gasteiger partial charge in [0.2, 0.25) is 17.2 Å². The van der Waals surface area contributed by atoms with Crippen LogP contribution in [0.25, 0.3) is 0 Å². The Bertz CT molecular complexity index is 998. The number of para-hydroxylation sites is 1. The van der Waals surface area contributed by atoms with E-state index < -0.39 is 10.0 Å². The molecule has 0 amide bonds. The molecule has 0 aliphatic rings. The minimum Gasteiger partial charge on any atom is -0.399 e. The van der Waals surface area contributed by atoms with Crippen LogP contribution in [-0.4, -0.2) is 23.4 Å². The molecule has 0 aliphatic carbocycles. The second kappa shape index (κ2) is 6.91. The van der Waals surface area contributed by atoms with E-state index in [2.05, 4.69) is 25.0 Å². The number of nitrogens with two attached hydrogens (primary N) is 1. The molecule has 2 aromatic carbocycles. The van der Waals surface area contributed by atoms with Gasteiger partial charge in [-0.05, 0) is 41.9 Å². The highest BCUT2D eigenvalue weighted by Crippen LogP contribution is 2.19. The Morgan fingerprint density at radius 3 is 2.36 bits per heavy atom. The second-order valence-corrected chi connectivity index (χ2v) is 6.94. The summed E-state index contributed by atoms with van der Waals surface area (Å²) in [5, 5.41) is 2.76. The number of rotatable bonds is 5. The van der Waals surface area contributed by atoms with Crippen molar-refractivity contribution in [1.29, 1.82) is 0 Å². The van der Waals surface area contributed by atoms with Crippen molar-refractivity contribution in [2.75, 3.05) is 15.8 Å². The molecule has 0 saturated heterocycles. The normalized spacial score (nSPS) is 11.1. The van der Waals surface area contributed by atoms with Gasteiger partial charge in [0.05, 0.1) is 4.90 Å². The van der Waals surface area contributed by atoms with E-state index in [0.717, 1.165) is 5.69 Å². The molecule has 25 heavy (non-hydrogen) atoms. The lowest BCUT2D eigenvalue weighted by Crippen LogP contribution is -2.16. The van der Waals surface area contributed by atoms with Crippen molar-refractivity contribution in [3.8, 4) is 0 Å². The van der Waals surface area contributed by atoms with Crippen LogP contribution >= 0.6 is 11.6 Å². The monoisotopic (exact) mass is 376 g/mol. The lowest BCUT2D eigenvalue weighted by molar-refractivity contribution is 0.601. The van der Waals surface area contributed by atoms with Crippen LogP contribution in [0.5, 0.6) is 0 Å². The Labute approximate surface area is 149 Å². The van der Waals surface area contributed by atoms with Gasteiger partial charge in [-0.2, -0.15) is 15.0 Å². The molecule has 0 aliphatic heterocycles. The van der Waals surface area contributed by atoms with Gasteiger partial charge in [-0.25, -0.2) is 13.1 Å². The first kappa shape index (κ1) is 16.9. The van der Waals surface area contributed by atoms with E-state index in [1.807, 2.05) is 18.2 Å². The summed E-state index contributed by atoms with van der Waals surface area (Å²) in [7, 11) is -3.91. The lowest BCUT2D eigenvalue weighted by atomic mass is 10.3. The first-order chi connectivity index (χ1) is 11.9. The molecule has 4 N–H and O–H groups in total. The third-order valence-electron chi connectivity index (χ3n) is 3.03. The van der Waals surface area contributed by atoms with E-state index in [1.165, 1.54) is 18.2 Å². The van der Waals surface area contributed by atoms with Gasteiger partial charge >= 0.3 is 0 Å². The first-order valence-corrected chi connectivity index (χ1v) is 8.90. The minimum absolute atomic E-state index is 0.0124. The smallest absolute Gasteiger partial charge is 0.264 e.